The van der Waals surface area contributed by atoms with Crippen molar-refractivity contribution >= 4 is 33.1 Å². The molecule has 0 aromatic heterocycles. The number of unbranched alkanes of at least 4 members (excludes halogenated alkanes) is 1. The highest BCUT2D eigenvalue weighted by molar-refractivity contribution is 7.89. The molecule has 0 radical (unpaired) electrons. The molecule has 2 aromatic carbocycles. The second kappa shape index (κ2) is 10.7. The van der Waals surface area contributed by atoms with E-state index in [1.54, 1.807) is 0 Å². The van der Waals surface area contributed by atoms with Crippen LogP contribution in [-0.4, -0.2) is 52.3 Å². The Hall–Kier alpha value is -2.78. The molecular formula is C25H35N3O5S. The predicted octanol–water partition coefficient (Wildman–Crippen LogP) is 4.38. The fourth-order valence-corrected chi connectivity index (χ4v) is 5.98. The third-order valence-electron chi connectivity index (χ3n) is 6.24. The number of carboxylic acids is 1. The minimum atomic E-state index is -3.88. The zero-order valence-corrected chi connectivity index (χ0v) is 21.2. The van der Waals surface area contributed by atoms with E-state index in [1.807, 2.05) is 62.3 Å². The van der Waals surface area contributed by atoms with E-state index in [0.717, 1.165) is 24.9 Å². The van der Waals surface area contributed by atoms with Gasteiger partial charge in [0.2, 0.25) is 10.0 Å². The number of aliphatic carboxylic acids is 1. The maximum atomic E-state index is 13.7. The van der Waals surface area contributed by atoms with Crippen molar-refractivity contribution in [1.82, 2.24) is 4.72 Å². The summed E-state index contributed by atoms with van der Waals surface area (Å²) in [7, 11) is -0.189. The summed E-state index contributed by atoms with van der Waals surface area (Å²) in [4.78, 5) is 15.0. The van der Waals surface area contributed by atoms with E-state index in [9.17, 15) is 13.2 Å². The number of benzene rings is 2. The zero-order chi connectivity index (χ0) is 24.9. The van der Waals surface area contributed by atoms with E-state index in [-0.39, 0.29) is 17.9 Å². The van der Waals surface area contributed by atoms with Gasteiger partial charge in [-0.2, -0.15) is 0 Å². The van der Waals surface area contributed by atoms with E-state index in [4.69, 9.17) is 9.84 Å². The number of nitrogens with one attached hydrogen (secondary N) is 1. The molecular weight excluding hydrogens is 454 g/mol. The number of nitrogens with zero attached hydrogens (tertiary/aromatic N) is 2. The summed E-state index contributed by atoms with van der Waals surface area (Å²) in [5.41, 5.74) is 1.52. The van der Waals surface area contributed by atoms with Gasteiger partial charge in [-0.1, -0.05) is 44.9 Å². The van der Waals surface area contributed by atoms with Crippen molar-refractivity contribution in [1.29, 1.82) is 0 Å². The second-order valence-electron chi connectivity index (χ2n) is 8.94. The second-order valence-corrected chi connectivity index (χ2v) is 10.6. The lowest BCUT2D eigenvalue weighted by Gasteiger charge is -2.36. The number of carbonyl (C=O) groups is 1. The van der Waals surface area contributed by atoms with Crippen molar-refractivity contribution in [3.05, 3.63) is 42.5 Å². The maximum Gasteiger partial charge on any atom is 0.306 e. The monoisotopic (exact) mass is 489 g/mol. The lowest BCUT2D eigenvalue weighted by molar-refractivity contribution is -0.137. The first-order valence-corrected chi connectivity index (χ1v) is 13.2. The highest BCUT2D eigenvalue weighted by Crippen LogP contribution is 2.43. The molecule has 34 heavy (non-hydrogen) atoms. The molecule has 0 saturated carbocycles. The highest BCUT2D eigenvalue weighted by Gasteiger charge is 2.41. The number of rotatable bonds is 10. The molecule has 0 bridgehead atoms. The maximum absolute atomic E-state index is 13.7. The molecule has 2 N–H and O–H groups in total. The number of anilines is 3. The Balaban J connectivity index is 2.22. The van der Waals surface area contributed by atoms with Crippen molar-refractivity contribution in [2.75, 3.05) is 37.0 Å². The highest BCUT2D eigenvalue weighted by atomic mass is 32.2. The fourth-order valence-electron chi connectivity index (χ4n) is 4.28. The van der Waals surface area contributed by atoms with Gasteiger partial charge in [0.25, 0.3) is 0 Å². The molecule has 0 amide bonds. The topological polar surface area (TPSA) is 99.2 Å². The van der Waals surface area contributed by atoms with Gasteiger partial charge >= 0.3 is 5.97 Å². The van der Waals surface area contributed by atoms with Crippen molar-refractivity contribution < 1.29 is 23.1 Å². The minimum absolute atomic E-state index is 0.0553. The molecule has 186 valence electrons. The molecule has 0 fully saturated rings. The van der Waals surface area contributed by atoms with E-state index in [2.05, 4.69) is 16.5 Å². The lowest BCUT2D eigenvalue weighted by atomic mass is 9.89. The van der Waals surface area contributed by atoms with Crippen LogP contribution in [-0.2, 0) is 14.8 Å². The van der Waals surface area contributed by atoms with Gasteiger partial charge in [0, 0.05) is 32.4 Å². The number of fused-ring (bicyclic) bond motifs is 1. The molecule has 0 saturated heterocycles. The van der Waals surface area contributed by atoms with Crippen molar-refractivity contribution in [3.8, 4) is 5.75 Å². The number of para-hydroxylation sites is 1. The van der Waals surface area contributed by atoms with Gasteiger partial charge in [0.15, 0.2) is 0 Å². The summed E-state index contributed by atoms with van der Waals surface area (Å²) >= 11 is 0. The Bertz CT molecular complexity index is 1110. The molecule has 1 heterocycles. The van der Waals surface area contributed by atoms with Crippen LogP contribution in [0.25, 0.3) is 0 Å². The van der Waals surface area contributed by atoms with Crippen molar-refractivity contribution in [3.63, 3.8) is 0 Å². The molecule has 8 nitrogen and oxygen atoms in total. The van der Waals surface area contributed by atoms with Crippen LogP contribution in [0.3, 0.4) is 0 Å². The first-order valence-electron chi connectivity index (χ1n) is 11.7. The Morgan fingerprint density at radius 1 is 1.21 bits per heavy atom. The van der Waals surface area contributed by atoms with Crippen LogP contribution in [0.15, 0.2) is 47.4 Å². The Labute approximate surface area is 202 Å². The lowest BCUT2D eigenvalue weighted by Crippen LogP contribution is -2.52. The average Bonchev–Trinajstić information content (AvgIpc) is 2.90. The van der Waals surface area contributed by atoms with Gasteiger partial charge in [-0.15, -0.1) is 0 Å². The smallest absolute Gasteiger partial charge is 0.306 e. The molecule has 1 aliphatic heterocycles. The van der Waals surface area contributed by atoms with Gasteiger partial charge in [0.05, 0.1) is 29.9 Å². The van der Waals surface area contributed by atoms with Crippen LogP contribution in [0.2, 0.25) is 0 Å². The summed E-state index contributed by atoms with van der Waals surface area (Å²) in [5, 5.41) is 9.00. The van der Waals surface area contributed by atoms with Crippen LogP contribution >= 0.6 is 0 Å². The molecule has 1 aliphatic rings. The quantitative estimate of drug-likeness (QED) is 0.511. The van der Waals surface area contributed by atoms with Crippen LogP contribution < -0.4 is 19.3 Å². The van der Waals surface area contributed by atoms with Gasteiger partial charge in [-0.3, -0.25) is 4.79 Å². The van der Waals surface area contributed by atoms with Gasteiger partial charge in [-0.25, -0.2) is 13.1 Å². The summed E-state index contributed by atoms with van der Waals surface area (Å²) in [6, 6.07) is 13.1. The third kappa shape index (κ3) is 5.64. The molecule has 3 rings (SSSR count). The first kappa shape index (κ1) is 25.8. The number of hydrogen-bond donors (Lipinski definition) is 2. The molecule has 0 unspecified atom stereocenters. The van der Waals surface area contributed by atoms with Crippen molar-refractivity contribution in [2.45, 2.75) is 56.4 Å². The van der Waals surface area contributed by atoms with E-state index in [1.165, 1.54) is 6.07 Å². The van der Waals surface area contributed by atoms with Gasteiger partial charge in [0.1, 0.15) is 10.6 Å². The average molecular weight is 490 g/mol. The Morgan fingerprint density at radius 3 is 2.50 bits per heavy atom. The van der Waals surface area contributed by atoms with E-state index in [0.29, 0.717) is 30.1 Å². The molecule has 0 spiro atoms. The third-order valence-corrected chi connectivity index (χ3v) is 7.85. The summed E-state index contributed by atoms with van der Waals surface area (Å²) in [6.45, 7) is 4.55. The van der Waals surface area contributed by atoms with Crippen molar-refractivity contribution in [2.24, 2.45) is 0 Å². The predicted molar refractivity (Wildman–Crippen MR) is 135 cm³/mol. The van der Waals surface area contributed by atoms with Crippen LogP contribution in [0.5, 0.6) is 5.75 Å². The van der Waals surface area contributed by atoms with E-state index >= 15 is 0 Å². The zero-order valence-electron chi connectivity index (χ0n) is 20.4. The minimum Gasteiger partial charge on any atom is -0.491 e. The van der Waals surface area contributed by atoms with Gasteiger partial charge < -0.3 is 19.6 Å². The number of sulfonamides is 1. The molecule has 0 aliphatic carbocycles. The molecule has 1 atom stereocenters. The number of hydrogen-bond acceptors (Lipinski definition) is 6. The van der Waals surface area contributed by atoms with Crippen LogP contribution in [0.4, 0.5) is 17.1 Å². The SMILES string of the molecule is CCCC[C@@]1(CC)CN(c2ccccc2)c2cc(N(C)C)c(OCCC(=O)O)cc2S(=O)(=O)N1. The normalized spacial score (nSPS) is 19.2. The standard InChI is InChI=1S/C25H35N3O5S/c1-5-7-14-25(6-2)18-28(19-11-9-8-10-12-19)21-16-20(27(3)4)22(33-15-13-24(29)30)17-23(21)34(31,32)26-25/h8-12,16-17,26H,5-7,13-15,18H2,1-4H3,(H,29,30)/t25-/m0/s1. The molecule has 2 aromatic rings. The van der Waals surface area contributed by atoms with Crippen LogP contribution in [0, 0.1) is 0 Å². The Morgan fingerprint density at radius 2 is 1.91 bits per heavy atom. The van der Waals surface area contributed by atoms with Crippen LogP contribution in [0.1, 0.15) is 46.0 Å². The van der Waals surface area contributed by atoms with E-state index < -0.39 is 21.5 Å². The number of carboxylic acid groups (broad SMARTS) is 1. The Kier molecular flexibility index (Phi) is 8.09. The molecule has 9 heteroatoms. The first-order chi connectivity index (χ1) is 16.1. The van der Waals surface area contributed by atoms with Gasteiger partial charge in [-0.05, 0) is 31.0 Å². The summed E-state index contributed by atoms with van der Waals surface area (Å²) in [5.74, 6) is -0.643. The fraction of sp³-hybridized carbons (Fsp3) is 0.480. The number of ether oxygens (including phenoxy) is 1. The summed E-state index contributed by atoms with van der Waals surface area (Å²) in [6.07, 6.45) is 3.06. The largest absolute Gasteiger partial charge is 0.491 e. The summed E-state index contributed by atoms with van der Waals surface area (Å²) < 4.78 is 36.2.